The summed E-state index contributed by atoms with van der Waals surface area (Å²) in [5.74, 6) is 1.03. The lowest BCUT2D eigenvalue weighted by Gasteiger charge is -2.41. The zero-order chi connectivity index (χ0) is 12.5. The summed E-state index contributed by atoms with van der Waals surface area (Å²) in [5.41, 5.74) is -0.0293. The van der Waals surface area contributed by atoms with Gasteiger partial charge in [0.25, 0.3) is 0 Å². The van der Waals surface area contributed by atoms with E-state index in [0.717, 1.165) is 32.4 Å². The lowest BCUT2D eigenvalue weighted by Crippen LogP contribution is -2.59. The van der Waals surface area contributed by atoms with Gasteiger partial charge in [0.2, 0.25) is 5.91 Å². The standard InChI is InChI=1S/C14H26N2O/c1-11(2)8-14(6-4-5-7-14)13(17)16(3)12-9-15-10-12/h11-12,15H,4-10H2,1-3H3. The molecule has 1 saturated carbocycles. The Morgan fingerprint density at radius 2 is 1.94 bits per heavy atom. The molecule has 2 rings (SSSR count). The van der Waals surface area contributed by atoms with Gasteiger partial charge in [-0.25, -0.2) is 0 Å². The van der Waals surface area contributed by atoms with E-state index in [-0.39, 0.29) is 5.41 Å². The highest BCUT2D eigenvalue weighted by molar-refractivity contribution is 5.83. The molecule has 0 spiro atoms. The van der Waals surface area contributed by atoms with E-state index in [1.54, 1.807) is 0 Å². The summed E-state index contributed by atoms with van der Waals surface area (Å²) in [5, 5.41) is 3.25. The van der Waals surface area contributed by atoms with Gasteiger partial charge >= 0.3 is 0 Å². The summed E-state index contributed by atoms with van der Waals surface area (Å²) in [6.07, 6.45) is 5.74. The Morgan fingerprint density at radius 1 is 1.35 bits per heavy atom. The second kappa shape index (κ2) is 4.97. The molecule has 3 nitrogen and oxygen atoms in total. The predicted molar refractivity (Wildman–Crippen MR) is 69.8 cm³/mol. The summed E-state index contributed by atoms with van der Waals surface area (Å²) >= 11 is 0. The van der Waals surface area contributed by atoms with Gasteiger partial charge in [0.15, 0.2) is 0 Å². The minimum absolute atomic E-state index is 0.0293. The molecular formula is C14H26N2O. The van der Waals surface area contributed by atoms with Gasteiger partial charge in [0, 0.05) is 25.6 Å². The maximum Gasteiger partial charge on any atom is 0.228 e. The van der Waals surface area contributed by atoms with Gasteiger partial charge in [0.1, 0.15) is 0 Å². The number of likely N-dealkylation sites (N-methyl/N-ethyl adjacent to an activating group) is 1. The normalized spacial score (nSPS) is 23.8. The second-order valence-electron chi connectivity index (χ2n) is 6.31. The average Bonchev–Trinajstić information content (AvgIpc) is 2.62. The molecule has 1 saturated heterocycles. The van der Waals surface area contributed by atoms with Crippen LogP contribution in [-0.2, 0) is 4.79 Å². The highest BCUT2D eigenvalue weighted by atomic mass is 16.2. The first-order valence-electron chi connectivity index (χ1n) is 7.03. The number of hydrogen-bond acceptors (Lipinski definition) is 2. The first-order chi connectivity index (χ1) is 8.05. The van der Waals surface area contributed by atoms with Crippen LogP contribution < -0.4 is 5.32 Å². The molecule has 1 amide bonds. The van der Waals surface area contributed by atoms with Crippen molar-refractivity contribution in [3.8, 4) is 0 Å². The molecule has 0 aromatic heterocycles. The number of amides is 1. The van der Waals surface area contributed by atoms with Crippen molar-refractivity contribution in [3.05, 3.63) is 0 Å². The zero-order valence-corrected chi connectivity index (χ0v) is 11.5. The van der Waals surface area contributed by atoms with Crippen molar-refractivity contribution in [3.63, 3.8) is 0 Å². The number of nitrogens with zero attached hydrogens (tertiary/aromatic N) is 1. The molecule has 1 aliphatic heterocycles. The van der Waals surface area contributed by atoms with Crippen LogP contribution in [-0.4, -0.2) is 37.0 Å². The molecule has 17 heavy (non-hydrogen) atoms. The summed E-state index contributed by atoms with van der Waals surface area (Å²) in [4.78, 5) is 14.8. The fraction of sp³-hybridized carbons (Fsp3) is 0.929. The Labute approximate surface area is 105 Å². The summed E-state index contributed by atoms with van der Waals surface area (Å²) in [6.45, 7) is 6.41. The number of carbonyl (C=O) groups is 1. The summed E-state index contributed by atoms with van der Waals surface area (Å²) in [6, 6.07) is 0.437. The molecule has 1 heterocycles. The number of nitrogens with one attached hydrogen (secondary N) is 1. The molecule has 3 heteroatoms. The van der Waals surface area contributed by atoms with Gasteiger partial charge in [-0.05, 0) is 25.2 Å². The topological polar surface area (TPSA) is 32.3 Å². The van der Waals surface area contributed by atoms with Crippen molar-refractivity contribution < 1.29 is 4.79 Å². The van der Waals surface area contributed by atoms with Gasteiger partial charge < -0.3 is 10.2 Å². The molecule has 0 unspecified atom stereocenters. The van der Waals surface area contributed by atoms with E-state index in [2.05, 4.69) is 19.2 Å². The minimum atomic E-state index is -0.0293. The van der Waals surface area contributed by atoms with E-state index in [4.69, 9.17) is 0 Å². The van der Waals surface area contributed by atoms with Crippen LogP contribution >= 0.6 is 0 Å². The van der Waals surface area contributed by atoms with Crippen LogP contribution in [0.5, 0.6) is 0 Å². The van der Waals surface area contributed by atoms with E-state index >= 15 is 0 Å². The monoisotopic (exact) mass is 238 g/mol. The van der Waals surface area contributed by atoms with Crippen LogP contribution in [0.4, 0.5) is 0 Å². The Hall–Kier alpha value is -0.570. The number of carbonyl (C=O) groups excluding carboxylic acids is 1. The van der Waals surface area contributed by atoms with Crippen molar-refractivity contribution >= 4 is 5.91 Å². The Balaban J connectivity index is 2.06. The molecule has 0 aromatic rings. The molecular weight excluding hydrogens is 212 g/mol. The molecule has 98 valence electrons. The van der Waals surface area contributed by atoms with Crippen molar-refractivity contribution in [2.45, 2.75) is 52.0 Å². The molecule has 1 aliphatic carbocycles. The predicted octanol–water partition coefficient (Wildman–Crippen LogP) is 2.02. The molecule has 2 fully saturated rings. The minimum Gasteiger partial charge on any atom is -0.340 e. The maximum atomic E-state index is 12.7. The highest BCUT2D eigenvalue weighted by Gasteiger charge is 2.44. The van der Waals surface area contributed by atoms with Crippen molar-refractivity contribution in [2.24, 2.45) is 11.3 Å². The number of hydrogen-bond donors (Lipinski definition) is 1. The third kappa shape index (κ3) is 2.49. The van der Waals surface area contributed by atoms with Gasteiger partial charge in [-0.15, -0.1) is 0 Å². The first-order valence-corrected chi connectivity index (χ1v) is 7.03. The fourth-order valence-electron chi connectivity index (χ4n) is 3.43. The smallest absolute Gasteiger partial charge is 0.228 e. The highest BCUT2D eigenvalue weighted by Crippen LogP contribution is 2.44. The second-order valence-corrected chi connectivity index (χ2v) is 6.31. The first kappa shape index (κ1) is 12.9. The van der Waals surface area contributed by atoms with Crippen LogP contribution in [0.25, 0.3) is 0 Å². The van der Waals surface area contributed by atoms with E-state index < -0.39 is 0 Å². The lowest BCUT2D eigenvalue weighted by atomic mass is 9.77. The van der Waals surface area contributed by atoms with Crippen LogP contribution in [0.1, 0.15) is 46.0 Å². The fourth-order valence-corrected chi connectivity index (χ4v) is 3.43. The molecule has 0 bridgehead atoms. The quantitative estimate of drug-likeness (QED) is 0.812. The van der Waals surface area contributed by atoms with E-state index in [0.29, 0.717) is 17.9 Å². The zero-order valence-electron chi connectivity index (χ0n) is 11.5. The summed E-state index contributed by atoms with van der Waals surface area (Å²) in [7, 11) is 1.99. The Morgan fingerprint density at radius 3 is 2.35 bits per heavy atom. The van der Waals surface area contributed by atoms with E-state index in [1.807, 2.05) is 11.9 Å². The van der Waals surface area contributed by atoms with Crippen molar-refractivity contribution in [1.82, 2.24) is 10.2 Å². The average molecular weight is 238 g/mol. The van der Waals surface area contributed by atoms with E-state index in [1.165, 1.54) is 12.8 Å². The molecule has 0 atom stereocenters. The van der Waals surface area contributed by atoms with Crippen LogP contribution in [0, 0.1) is 11.3 Å². The van der Waals surface area contributed by atoms with Crippen LogP contribution in [0.2, 0.25) is 0 Å². The summed E-state index contributed by atoms with van der Waals surface area (Å²) < 4.78 is 0. The van der Waals surface area contributed by atoms with Gasteiger partial charge in [-0.1, -0.05) is 26.7 Å². The largest absolute Gasteiger partial charge is 0.340 e. The van der Waals surface area contributed by atoms with Gasteiger partial charge in [-0.2, -0.15) is 0 Å². The molecule has 0 radical (unpaired) electrons. The van der Waals surface area contributed by atoms with Crippen LogP contribution in [0.15, 0.2) is 0 Å². The Bertz CT molecular complexity index is 278. The molecule has 0 aromatic carbocycles. The third-order valence-electron chi connectivity index (χ3n) is 4.44. The van der Waals surface area contributed by atoms with Crippen LogP contribution in [0.3, 0.4) is 0 Å². The van der Waals surface area contributed by atoms with E-state index in [9.17, 15) is 4.79 Å². The third-order valence-corrected chi connectivity index (χ3v) is 4.44. The maximum absolute atomic E-state index is 12.7. The SMILES string of the molecule is CC(C)CC1(C(=O)N(C)C2CNC2)CCCC1. The van der Waals surface area contributed by atoms with Gasteiger partial charge in [-0.3, -0.25) is 4.79 Å². The number of rotatable bonds is 4. The lowest BCUT2D eigenvalue weighted by molar-refractivity contribution is -0.144. The van der Waals surface area contributed by atoms with Crippen molar-refractivity contribution in [2.75, 3.05) is 20.1 Å². The molecule has 1 N–H and O–H groups in total. The van der Waals surface area contributed by atoms with Gasteiger partial charge in [0.05, 0.1) is 6.04 Å². The Kier molecular flexibility index (Phi) is 3.76. The molecule has 2 aliphatic rings. The van der Waals surface area contributed by atoms with Crippen molar-refractivity contribution in [1.29, 1.82) is 0 Å².